The third-order valence-corrected chi connectivity index (χ3v) is 4.84. The van der Waals surface area contributed by atoms with Crippen molar-refractivity contribution in [3.05, 3.63) is 96.9 Å². The molecule has 4 rings (SSSR count). The molecule has 0 saturated carbocycles. The third kappa shape index (κ3) is 3.39. The number of imidazole rings is 1. The van der Waals surface area contributed by atoms with Crippen LogP contribution in [-0.2, 0) is 13.1 Å². The van der Waals surface area contributed by atoms with Crippen LogP contribution in [0.15, 0.2) is 58.4 Å². The van der Waals surface area contributed by atoms with Crippen LogP contribution >= 0.6 is 0 Å². The first-order valence-electron chi connectivity index (χ1n) is 9.21. The van der Waals surface area contributed by atoms with E-state index < -0.39 is 27.8 Å². The van der Waals surface area contributed by atoms with Gasteiger partial charge in [-0.15, -0.1) is 0 Å². The van der Waals surface area contributed by atoms with E-state index >= 15 is 0 Å². The van der Waals surface area contributed by atoms with E-state index in [9.17, 15) is 28.5 Å². The smallest absolute Gasteiger partial charge is 0.320 e. The lowest BCUT2D eigenvalue weighted by Gasteiger charge is -2.12. The van der Waals surface area contributed by atoms with Gasteiger partial charge in [0, 0.05) is 31.3 Å². The van der Waals surface area contributed by atoms with E-state index in [1.165, 1.54) is 29.1 Å². The first-order chi connectivity index (χ1) is 14.8. The summed E-state index contributed by atoms with van der Waals surface area (Å²) in [6, 6.07) is 8.59. The van der Waals surface area contributed by atoms with Gasteiger partial charge in [-0.1, -0.05) is 12.1 Å². The van der Waals surface area contributed by atoms with Crippen LogP contribution in [0.4, 0.5) is 14.5 Å². The molecule has 0 aliphatic heterocycles. The summed E-state index contributed by atoms with van der Waals surface area (Å²) in [5.74, 6) is -1.80. The standard InChI is InChI=1S/C20H15F2N5O4/c1-2-25-19(28)17-18(26(20(25)29)16-7-6-13(21)9-15(16)22)23-11-24(17)10-12-4-3-5-14(8-12)27(30)31/h3-9,11H,2,10H2,1H3. The molecule has 0 aliphatic rings. The first-order valence-corrected chi connectivity index (χ1v) is 9.21. The molecule has 2 aromatic heterocycles. The Hall–Kier alpha value is -4.15. The van der Waals surface area contributed by atoms with E-state index in [2.05, 4.69) is 4.98 Å². The molecular formula is C20H15F2N5O4. The number of halogens is 2. The van der Waals surface area contributed by atoms with Crippen LogP contribution in [-0.4, -0.2) is 23.6 Å². The van der Waals surface area contributed by atoms with E-state index in [0.717, 1.165) is 21.3 Å². The van der Waals surface area contributed by atoms with Gasteiger partial charge in [-0.3, -0.25) is 19.5 Å². The summed E-state index contributed by atoms with van der Waals surface area (Å²) < 4.78 is 31.1. The van der Waals surface area contributed by atoms with Crippen LogP contribution < -0.4 is 11.2 Å². The van der Waals surface area contributed by atoms with Crippen LogP contribution in [0.25, 0.3) is 16.9 Å². The summed E-state index contributed by atoms with van der Waals surface area (Å²) in [4.78, 5) is 40.5. The summed E-state index contributed by atoms with van der Waals surface area (Å²) in [5.41, 5.74) is -1.37. The number of hydrogen-bond donors (Lipinski definition) is 0. The van der Waals surface area contributed by atoms with Gasteiger partial charge in [-0.05, 0) is 24.6 Å². The van der Waals surface area contributed by atoms with Gasteiger partial charge < -0.3 is 4.57 Å². The lowest BCUT2D eigenvalue weighted by atomic mass is 10.2. The number of benzene rings is 2. The third-order valence-electron chi connectivity index (χ3n) is 4.84. The van der Waals surface area contributed by atoms with Crippen molar-refractivity contribution in [2.45, 2.75) is 20.0 Å². The number of nitrogens with zero attached hydrogens (tertiary/aromatic N) is 5. The number of fused-ring (bicyclic) bond motifs is 1. The molecule has 4 aromatic rings. The van der Waals surface area contributed by atoms with Crippen molar-refractivity contribution in [2.75, 3.05) is 0 Å². The van der Waals surface area contributed by atoms with Gasteiger partial charge in [0.2, 0.25) is 0 Å². The van der Waals surface area contributed by atoms with Crippen LogP contribution in [0.2, 0.25) is 0 Å². The SMILES string of the molecule is CCn1c(=O)c2c(ncn2Cc2cccc([N+](=O)[O-])c2)n(-c2ccc(F)cc2F)c1=O. The Morgan fingerprint density at radius 2 is 1.90 bits per heavy atom. The normalized spacial score (nSPS) is 11.2. The minimum Gasteiger partial charge on any atom is -0.320 e. The van der Waals surface area contributed by atoms with Gasteiger partial charge in [0.1, 0.15) is 11.6 Å². The number of rotatable bonds is 5. The number of hydrogen-bond acceptors (Lipinski definition) is 5. The number of nitro groups is 1. The van der Waals surface area contributed by atoms with Gasteiger partial charge in [-0.25, -0.2) is 23.1 Å². The van der Waals surface area contributed by atoms with Crippen LogP contribution in [0.5, 0.6) is 0 Å². The van der Waals surface area contributed by atoms with Crippen molar-refractivity contribution in [3.8, 4) is 5.69 Å². The highest BCUT2D eigenvalue weighted by atomic mass is 19.1. The van der Waals surface area contributed by atoms with E-state index in [0.29, 0.717) is 11.6 Å². The predicted octanol–water partition coefficient (Wildman–Crippen LogP) is 2.60. The largest absolute Gasteiger partial charge is 0.337 e. The molecule has 0 unspecified atom stereocenters. The fraction of sp³-hybridized carbons (Fsp3) is 0.150. The molecule has 9 nitrogen and oxygen atoms in total. The molecule has 0 saturated heterocycles. The van der Waals surface area contributed by atoms with Crippen molar-refractivity contribution < 1.29 is 13.7 Å². The fourth-order valence-corrected chi connectivity index (χ4v) is 3.42. The molecule has 0 atom stereocenters. The highest BCUT2D eigenvalue weighted by Crippen LogP contribution is 2.19. The quantitative estimate of drug-likeness (QED) is 0.360. The zero-order valence-electron chi connectivity index (χ0n) is 16.2. The molecule has 11 heteroatoms. The summed E-state index contributed by atoms with van der Waals surface area (Å²) in [5, 5.41) is 11.0. The van der Waals surface area contributed by atoms with Crippen molar-refractivity contribution in [1.29, 1.82) is 0 Å². The maximum absolute atomic E-state index is 14.5. The van der Waals surface area contributed by atoms with Crippen LogP contribution in [0.3, 0.4) is 0 Å². The second-order valence-electron chi connectivity index (χ2n) is 6.73. The molecule has 0 spiro atoms. The first kappa shape index (κ1) is 20.1. The Bertz CT molecular complexity index is 1450. The maximum Gasteiger partial charge on any atom is 0.337 e. The van der Waals surface area contributed by atoms with Crippen molar-refractivity contribution in [1.82, 2.24) is 18.7 Å². The maximum atomic E-state index is 14.5. The molecule has 0 amide bonds. The highest BCUT2D eigenvalue weighted by molar-refractivity contribution is 5.72. The molecule has 0 aliphatic carbocycles. The van der Waals surface area contributed by atoms with Gasteiger partial charge in [-0.2, -0.15) is 0 Å². The number of non-ortho nitro benzene ring substituents is 1. The topological polar surface area (TPSA) is 105 Å². The lowest BCUT2D eigenvalue weighted by Crippen LogP contribution is -2.39. The van der Waals surface area contributed by atoms with Gasteiger partial charge in [0.25, 0.3) is 11.2 Å². The zero-order chi connectivity index (χ0) is 22.3. The molecule has 158 valence electrons. The summed E-state index contributed by atoms with van der Waals surface area (Å²) in [6.07, 6.45) is 1.29. The van der Waals surface area contributed by atoms with E-state index in [4.69, 9.17) is 0 Å². The number of aromatic nitrogens is 4. The van der Waals surface area contributed by atoms with Crippen LogP contribution in [0.1, 0.15) is 12.5 Å². The molecule has 0 bridgehead atoms. The van der Waals surface area contributed by atoms with Crippen molar-refractivity contribution in [3.63, 3.8) is 0 Å². The van der Waals surface area contributed by atoms with E-state index in [1.54, 1.807) is 13.0 Å². The summed E-state index contributed by atoms with van der Waals surface area (Å²) >= 11 is 0. The Labute approximate surface area is 172 Å². The monoisotopic (exact) mass is 427 g/mol. The highest BCUT2D eigenvalue weighted by Gasteiger charge is 2.21. The molecule has 0 fully saturated rings. The van der Waals surface area contributed by atoms with E-state index in [-0.39, 0.29) is 35.6 Å². The van der Waals surface area contributed by atoms with Gasteiger partial charge in [0.05, 0.1) is 16.9 Å². The lowest BCUT2D eigenvalue weighted by molar-refractivity contribution is -0.384. The average molecular weight is 427 g/mol. The summed E-state index contributed by atoms with van der Waals surface area (Å²) in [7, 11) is 0. The molecule has 2 aromatic carbocycles. The van der Waals surface area contributed by atoms with Gasteiger partial charge in [0.15, 0.2) is 11.2 Å². The van der Waals surface area contributed by atoms with Crippen molar-refractivity contribution >= 4 is 16.9 Å². The Morgan fingerprint density at radius 3 is 2.58 bits per heavy atom. The van der Waals surface area contributed by atoms with Crippen molar-refractivity contribution in [2.24, 2.45) is 0 Å². The minimum atomic E-state index is -0.988. The fourth-order valence-electron chi connectivity index (χ4n) is 3.42. The molecule has 2 heterocycles. The predicted molar refractivity (Wildman–Crippen MR) is 107 cm³/mol. The Kier molecular flexibility index (Phi) is 4.93. The Morgan fingerprint density at radius 1 is 1.13 bits per heavy atom. The zero-order valence-corrected chi connectivity index (χ0v) is 16.2. The van der Waals surface area contributed by atoms with Gasteiger partial charge >= 0.3 is 5.69 Å². The second kappa shape index (κ2) is 7.59. The molecule has 0 radical (unpaired) electrons. The van der Waals surface area contributed by atoms with E-state index in [1.807, 2.05) is 0 Å². The summed E-state index contributed by atoms with van der Waals surface area (Å²) in [6.45, 7) is 1.65. The molecular weight excluding hydrogens is 412 g/mol. The Balaban J connectivity index is 1.97. The average Bonchev–Trinajstić information content (AvgIpc) is 3.13. The minimum absolute atomic E-state index is 0.0108. The second-order valence-corrected chi connectivity index (χ2v) is 6.73. The van der Waals surface area contributed by atoms with Crippen LogP contribution in [0, 0.1) is 21.7 Å². The molecule has 31 heavy (non-hydrogen) atoms. The number of nitro benzene ring substituents is 1. The molecule has 0 N–H and O–H groups in total.